The zero-order valence-electron chi connectivity index (χ0n) is 18.6. The standard InChI is InChI=1S/C25H30N2O5/c1-17(2)32-25(29)26-20-10-9-19-8-7-18-5-3-4-6-22(18)27(23(19)15-20)24(28)16-31-21-11-13-30-14-12-21/h3-6,9-10,15,17,21H,7-8,11-14,16H2,1-2H3,(H,26,29). The Labute approximate surface area is 188 Å². The van der Waals surface area contributed by atoms with Gasteiger partial charge in [0.05, 0.1) is 23.6 Å². The Morgan fingerprint density at radius 1 is 1.06 bits per heavy atom. The maximum atomic E-state index is 13.5. The zero-order chi connectivity index (χ0) is 22.5. The Bertz CT molecular complexity index is 969. The lowest BCUT2D eigenvalue weighted by Crippen LogP contribution is -2.33. The van der Waals surface area contributed by atoms with E-state index in [4.69, 9.17) is 14.2 Å². The fourth-order valence-corrected chi connectivity index (χ4v) is 4.13. The number of benzene rings is 2. The molecule has 2 aliphatic heterocycles. The van der Waals surface area contributed by atoms with Gasteiger partial charge in [-0.1, -0.05) is 24.3 Å². The van der Waals surface area contributed by atoms with Gasteiger partial charge in [0.1, 0.15) is 6.61 Å². The van der Waals surface area contributed by atoms with Crippen LogP contribution in [0.5, 0.6) is 0 Å². The predicted octanol–water partition coefficient (Wildman–Crippen LogP) is 4.60. The van der Waals surface area contributed by atoms with Gasteiger partial charge in [-0.15, -0.1) is 0 Å². The number of carbonyl (C=O) groups is 2. The van der Waals surface area contributed by atoms with Crippen LogP contribution in [0.4, 0.5) is 21.9 Å². The number of hydrogen-bond acceptors (Lipinski definition) is 5. The summed E-state index contributed by atoms with van der Waals surface area (Å²) in [6, 6.07) is 13.6. The van der Waals surface area contributed by atoms with Crippen LogP contribution < -0.4 is 10.2 Å². The molecule has 170 valence electrons. The Kier molecular flexibility index (Phi) is 7.07. The van der Waals surface area contributed by atoms with Gasteiger partial charge >= 0.3 is 6.09 Å². The van der Waals surface area contributed by atoms with Gasteiger partial charge in [-0.2, -0.15) is 0 Å². The summed E-state index contributed by atoms with van der Waals surface area (Å²) >= 11 is 0. The number of anilines is 3. The summed E-state index contributed by atoms with van der Waals surface area (Å²) in [6.45, 7) is 4.91. The van der Waals surface area contributed by atoms with E-state index in [0.717, 1.165) is 48.2 Å². The minimum Gasteiger partial charge on any atom is -0.447 e. The quantitative estimate of drug-likeness (QED) is 0.738. The molecule has 1 fully saturated rings. The summed E-state index contributed by atoms with van der Waals surface area (Å²) in [5, 5.41) is 2.77. The van der Waals surface area contributed by atoms with Gasteiger partial charge in [0.2, 0.25) is 0 Å². The van der Waals surface area contributed by atoms with E-state index >= 15 is 0 Å². The molecule has 0 saturated carbocycles. The number of fused-ring (bicyclic) bond motifs is 2. The van der Waals surface area contributed by atoms with Crippen molar-refractivity contribution in [3.63, 3.8) is 0 Å². The maximum absolute atomic E-state index is 13.5. The molecule has 0 aromatic heterocycles. The highest BCUT2D eigenvalue weighted by Gasteiger charge is 2.27. The van der Waals surface area contributed by atoms with E-state index in [1.165, 1.54) is 0 Å². The van der Waals surface area contributed by atoms with Crippen molar-refractivity contribution in [2.75, 3.05) is 30.0 Å². The van der Waals surface area contributed by atoms with E-state index in [9.17, 15) is 9.59 Å². The molecule has 32 heavy (non-hydrogen) atoms. The second-order valence-corrected chi connectivity index (χ2v) is 8.40. The normalized spacial score (nSPS) is 16.2. The van der Waals surface area contributed by atoms with Crippen LogP contribution in [0.1, 0.15) is 37.8 Å². The highest BCUT2D eigenvalue weighted by molar-refractivity contribution is 6.03. The third kappa shape index (κ3) is 5.29. The molecule has 2 heterocycles. The number of aryl methyl sites for hydroxylation is 2. The van der Waals surface area contributed by atoms with E-state index in [1.807, 2.05) is 36.4 Å². The summed E-state index contributed by atoms with van der Waals surface area (Å²) in [4.78, 5) is 27.3. The Hall–Kier alpha value is -2.90. The van der Waals surface area contributed by atoms with Crippen molar-refractivity contribution in [1.82, 2.24) is 0 Å². The van der Waals surface area contributed by atoms with Crippen molar-refractivity contribution in [3.8, 4) is 0 Å². The molecule has 0 bridgehead atoms. The number of nitrogens with one attached hydrogen (secondary N) is 1. The molecule has 0 atom stereocenters. The van der Waals surface area contributed by atoms with Gasteiger partial charge < -0.3 is 14.2 Å². The first kappa shape index (κ1) is 22.3. The van der Waals surface area contributed by atoms with Crippen molar-refractivity contribution in [2.45, 2.75) is 51.7 Å². The molecular formula is C25H30N2O5. The number of rotatable bonds is 5. The highest BCUT2D eigenvalue weighted by atomic mass is 16.6. The molecule has 2 amide bonds. The third-order valence-electron chi connectivity index (χ3n) is 5.67. The molecule has 0 aliphatic carbocycles. The maximum Gasteiger partial charge on any atom is 0.411 e. The molecule has 0 radical (unpaired) electrons. The fourth-order valence-electron chi connectivity index (χ4n) is 4.13. The minimum absolute atomic E-state index is 0.00844. The van der Waals surface area contributed by atoms with Crippen LogP contribution in [0, 0.1) is 0 Å². The summed E-state index contributed by atoms with van der Waals surface area (Å²) in [7, 11) is 0. The van der Waals surface area contributed by atoms with E-state index in [0.29, 0.717) is 18.9 Å². The minimum atomic E-state index is -0.519. The predicted molar refractivity (Wildman–Crippen MR) is 122 cm³/mol. The third-order valence-corrected chi connectivity index (χ3v) is 5.67. The molecule has 2 aliphatic rings. The van der Waals surface area contributed by atoms with Crippen LogP contribution in [0.25, 0.3) is 0 Å². The van der Waals surface area contributed by atoms with Crippen molar-refractivity contribution in [1.29, 1.82) is 0 Å². The van der Waals surface area contributed by atoms with E-state index in [1.54, 1.807) is 18.7 Å². The first-order chi connectivity index (χ1) is 15.5. The lowest BCUT2D eigenvalue weighted by molar-refractivity contribution is -0.126. The molecular weight excluding hydrogens is 408 g/mol. The first-order valence-corrected chi connectivity index (χ1v) is 11.2. The van der Waals surface area contributed by atoms with Crippen LogP contribution >= 0.6 is 0 Å². The van der Waals surface area contributed by atoms with Crippen LogP contribution in [-0.2, 0) is 31.8 Å². The average molecular weight is 439 g/mol. The topological polar surface area (TPSA) is 77.1 Å². The fraction of sp³-hybridized carbons (Fsp3) is 0.440. The summed E-state index contributed by atoms with van der Waals surface area (Å²) in [6.07, 6.45) is 2.52. The molecule has 1 saturated heterocycles. The molecule has 0 unspecified atom stereocenters. The van der Waals surface area contributed by atoms with Gasteiger partial charge in [-0.3, -0.25) is 15.0 Å². The van der Waals surface area contributed by atoms with Crippen LogP contribution in [0.3, 0.4) is 0 Å². The summed E-state index contributed by atoms with van der Waals surface area (Å²) in [5.41, 5.74) is 4.35. The van der Waals surface area contributed by atoms with Gasteiger partial charge in [-0.05, 0) is 68.9 Å². The number of ether oxygens (including phenoxy) is 3. The molecule has 0 spiro atoms. The number of amides is 2. The molecule has 4 rings (SSSR count). The monoisotopic (exact) mass is 438 g/mol. The van der Waals surface area contributed by atoms with Crippen molar-refractivity contribution < 1.29 is 23.8 Å². The summed E-state index contributed by atoms with van der Waals surface area (Å²) in [5.74, 6) is -0.131. The van der Waals surface area contributed by atoms with Gasteiger partial charge in [0.15, 0.2) is 0 Å². The van der Waals surface area contributed by atoms with E-state index in [2.05, 4.69) is 11.4 Å². The van der Waals surface area contributed by atoms with Gasteiger partial charge in [0.25, 0.3) is 5.91 Å². The molecule has 1 N–H and O–H groups in total. The van der Waals surface area contributed by atoms with Crippen molar-refractivity contribution in [2.24, 2.45) is 0 Å². The average Bonchev–Trinajstić information content (AvgIpc) is 2.94. The van der Waals surface area contributed by atoms with E-state index < -0.39 is 6.09 Å². The lowest BCUT2D eigenvalue weighted by atomic mass is 10.0. The van der Waals surface area contributed by atoms with Crippen molar-refractivity contribution >= 4 is 29.1 Å². The number of para-hydroxylation sites is 1. The van der Waals surface area contributed by atoms with Crippen LogP contribution in [0.15, 0.2) is 42.5 Å². The molecule has 7 heteroatoms. The van der Waals surface area contributed by atoms with Gasteiger partial charge in [-0.25, -0.2) is 4.79 Å². The second-order valence-electron chi connectivity index (χ2n) is 8.40. The van der Waals surface area contributed by atoms with E-state index in [-0.39, 0.29) is 24.7 Å². The zero-order valence-corrected chi connectivity index (χ0v) is 18.6. The molecule has 2 aromatic carbocycles. The number of nitrogens with zero attached hydrogens (tertiary/aromatic N) is 1. The largest absolute Gasteiger partial charge is 0.447 e. The Balaban J connectivity index is 1.62. The van der Waals surface area contributed by atoms with Crippen molar-refractivity contribution in [3.05, 3.63) is 53.6 Å². The van der Waals surface area contributed by atoms with Crippen LogP contribution in [0.2, 0.25) is 0 Å². The Morgan fingerprint density at radius 3 is 2.53 bits per heavy atom. The van der Waals surface area contributed by atoms with Crippen LogP contribution in [-0.4, -0.2) is 44.0 Å². The summed E-state index contributed by atoms with van der Waals surface area (Å²) < 4.78 is 16.5. The van der Waals surface area contributed by atoms with Gasteiger partial charge in [0, 0.05) is 18.9 Å². The lowest BCUT2D eigenvalue weighted by Gasteiger charge is -2.27. The number of hydrogen-bond donors (Lipinski definition) is 1. The molecule has 7 nitrogen and oxygen atoms in total. The second kappa shape index (κ2) is 10.1. The smallest absolute Gasteiger partial charge is 0.411 e. The Morgan fingerprint density at radius 2 is 1.78 bits per heavy atom. The molecule has 2 aromatic rings. The first-order valence-electron chi connectivity index (χ1n) is 11.2. The highest BCUT2D eigenvalue weighted by Crippen LogP contribution is 2.37. The SMILES string of the molecule is CC(C)OC(=O)Nc1ccc2c(c1)N(C(=O)COC1CCOCC1)c1ccccc1CC2. The number of carbonyl (C=O) groups excluding carboxylic acids is 2.